The van der Waals surface area contributed by atoms with Gasteiger partial charge in [-0.1, -0.05) is 5.92 Å². The van der Waals surface area contributed by atoms with Gasteiger partial charge in [0.05, 0.1) is 36.5 Å². The molecule has 0 saturated carbocycles. The summed E-state index contributed by atoms with van der Waals surface area (Å²) in [6.45, 7) is 0. The standard InChI is InChI=1S/C11H8F3NO2.C9H7F3INO2/c1-3-6-4-7(10(16)17-2)9(15)5-8(6)11(12,13)14;1-16-8(15)4-2-6(13)5(3-7(4)14)9(10,11)12/h1,4-5H,15H2,2H3;2-3H,14H2,1H3. The van der Waals surface area contributed by atoms with E-state index in [0.717, 1.165) is 32.4 Å². The summed E-state index contributed by atoms with van der Waals surface area (Å²) in [7, 11) is 2.22. The molecule has 0 radical (unpaired) electrons. The number of anilines is 2. The summed E-state index contributed by atoms with van der Waals surface area (Å²) >= 11 is 1.49. The van der Waals surface area contributed by atoms with Crippen molar-refractivity contribution in [2.24, 2.45) is 0 Å². The first-order chi connectivity index (χ1) is 15.1. The highest BCUT2D eigenvalue weighted by Crippen LogP contribution is 2.36. The monoisotopic (exact) mass is 588 g/mol. The highest BCUT2D eigenvalue weighted by Gasteiger charge is 2.35. The van der Waals surface area contributed by atoms with Crippen molar-refractivity contribution >= 4 is 45.9 Å². The number of nitrogen functional groups attached to an aromatic ring is 2. The molecule has 0 atom stereocenters. The fraction of sp³-hybridized carbons (Fsp3) is 0.200. The van der Waals surface area contributed by atoms with Gasteiger partial charge in [-0.15, -0.1) is 6.42 Å². The highest BCUT2D eigenvalue weighted by molar-refractivity contribution is 14.1. The fourth-order valence-electron chi connectivity index (χ4n) is 2.35. The number of benzene rings is 2. The number of hydrogen-bond donors (Lipinski definition) is 2. The molecule has 0 amide bonds. The van der Waals surface area contributed by atoms with Crippen LogP contribution in [0.15, 0.2) is 24.3 Å². The molecule has 0 aliphatic heterocycles. The molecular weight excluding hydrogens is 573 g/mol. The summed E-state index contributed by atoms with van der Waals surface area (Å²) < 4.78 is 83.8. The molecule has 0 saturated heterocycles. The van der Waals surface area contributed by atoms with E-state index in [1.165, 1.54) is 22.6 Å². The zero-order valence-electron chi connectivity index (χ0n) is 16.8. The van der Waals surface area contributed by atoms with E-state index in [-0.39, 0.29) is 26.1 Å². The maximum Gasteiger partial charge on any atom is 0.417 e. The fourth-order valence-corrected chi connectivity index (χ4v) is 3.12. The average Bonchev–Trinajstić information content (AvgIpc) is 2.72. The minimum Gasteiger partial charge on any atom is -0.465 e. The maximum absolute atomic E-state index is 12.6. The number of alkyl halides is 6. The van der Waals surface area contributed by atoms with Crippen molar-refractivity contribution in [2.45, 2.75) is 12.4 Å². The van der Waals surface area contributed by atoms with Gasteiger partial charge in [0, 0.05) is 20.5 Å². The van der Waals surface area contributed by atoms with Gasteiger partial charge in [-0.05, 0) is 46.9 Å². The molecule has 178 valence electrons. The average molecular weight is 588 g/mol. The summed E-state index contributed by atoms with van der Waals surface area (Å²) in [5, 5.41) is 0. The predicted molar refractivity (Wildman–Crippen MR) is 115 cm³/mol. The van der Waals surface area contributed by atoms with Crippen LogP contribution in [0.1, 0.15) is 37.4 Å². The van der Waals surface area contributed by atoms with Gasteiger partial charge in [0.1, 0.15) is 0 Å². The van der Waals surface area contributed by atoms with Crippen molar-refractivity contribution in [2.75, 3.05) is 25.7 Å². The maximum atomic E-state index is 12.6. The van der Waals surface area contributed by atoms with E-state index in [1.807, 2.05) is 5.92 Å². The van der Waals surface area contributed by atoms with Crippen LogP contribution in [-0.4, -0.2) is 26.2 Å². The molecule has 2 aromatic rings. The van der Waals surface area contributed by atoms with Crippen LogP contribution in [0.25, 0.3) is 0 Å². The summed E-state index contributed by atoms with van der Waals surface area (Å²) in [5.41, 5.74) is 7.51. The van der Waals surface area contributed by atoms with Crippen LogP contribution in [0.3, 0.4) is 0 Å². The first-order valence-corrected chi connectivity index (χ1v) is 9.46. The van der Waals surface area contributed by atoms with E-state index >= 15 is 0 Å². The van der Waals surface area contributed by atoms with E-state index in [9.17, 15) is 35.9 Å². The van der Waals surface area contributed by atoms with E-state index in [0.29, 0.717) is 6.07 Å². The lowest BCUT2D eigenvalue weighted by molar-refractivity contribution is -0.138. The Bertz CT molecular complexity index is 1110. The molecule has 2 aromatic carbocycles. The summed E-state index contributed by atoms with van der Waals surface area (Å²) in [4.78, 5) is 22.4. The number of nitrogens with two attached hydrogens (primary N) is 2. The molecule has 0 unspecified atom stereocenters. The van der Waals surface area contributed by atoms with E-state index in [1.54, 1.807) is 0 Å². The second kappa shape index (κ2) is 10.6. The topological polar surface area (TPSA) is 105 Å². The predicted octanol–water partition coefficient (Wildman–Crippen LogP) is 4.73. The second-order valence-electron chi connectivity index (χ2n) is 6.03. The number of methoxy groups -OCH3 is 2. The summed E-state index contributed by atoms with van der Waals surface area (Å²) in [5.74, 6) is 0.265. The Morgan fingerprint density at radius 3 is 1.61 bits per heavy atom. The number of esters is 2. The molecule has 0 heterocycles. The van der Waals surface area contributed by atoms with Crippen LogP contribution in [0, 0.1) is 15.9 Å². The molecule has 0 aliphatic rings. The molecule has 4 N–H and O–H groups in total. The molecule has 2 rings (SSSR count). The van der Waals surface area contributed by atoms with Gasteiger partial charge in [-0.3, -0.25) is 0 Å². The highest BCUT2D eigenvalue weighted by atomic mass is 127. The first-order valence-electron chi connectivity index (χ1n) is 8.38. The van der Waals surface area contributed by atoms with Crippen molar-refractivity contribution in [3.05, 3.63) is 55.7 Å². The van der Waals surface area contributed by atoms with Crippen molar-refractivity contribution in [3.63, 3.8) is 0 Å². The third-order valence-corrected chi connectivity index (χ3v) is 4.80. The molecule has 0 aliphatic carbocycles. The molecule has 0 aromatic heterocycles. The summed E-state index contributed by atoms with van der Waals surface area (Å²) in [6, 6.07) is 3.31. The number of carbonyl (C=O) groups is 2. The van der Waals surface area contributed by atoms with Gasteiger partial charge in [-0.2, -0.15) is 26.3 Å². The number of terminal acetylenes is 1. The number of hydrogen-bond acceptors (Lipinski definition) is 6. The molecular formula is C20H15F6IN2O4. The number of carbonyl (C=O) groups excluding carboxylic acids is 2. The molecule has 0 fully saturated rings. The van der Waals surface area contributed by atoms with Crippen LogP contribution in [0.2, 0.25) is 0 Å². The van der Waals surface area contributed by atoms with Crippen molar-refractivity contribution in [3.8, 4) is 12.3 Å². The third-order valence-electron chi connectivity index (χ3n) is 3.91. The van der Waals surface area contributed by atoms with Crippen LogP contribution in [0.4, 0.5) is 37.7 Å². The normalized spacial score (nSPS) is 11.0. The van der Waals surface area contributed by atoms with Crippen LogP contribution >= 0.6 is 22.6 Å². The van der Waals surface area contributed by atoms with Gasteiger partial charge in [-0.25, -0.2) is 9.59 Å². The van der Waals surface area contributed by atoms with Crippen molar-refractivity contribution in [1.82, 2.24) is 0 Å². The van der Waals surface area contributed by atoms with Gasteiger partial charge in [0.2, 0.25) is 0 Å². The minimum absolute atomic E-state index is 0.0695. The Morgan fingerprint density at radius 2 is 1.24 bits per heavy atom. The van der Waals surface area contributed by atoms with Gasteiger partial charge >= 0.3 is 24.3 Å². The quantitative estimate of drug-likeness (QED) is 0.173. The summed E-state index contributed by atoms with van der Waals surface area (Å²) in [6.07, 6.45) is -4.14. The molecule has 6 nitrogen and oxygen atoms in total. The minimum atomic E-state index is -4.62. The second-order valence-corrected chi connectivity index (χ2v) is 7.19. The lowest BCUT2D eigenvalue weighted by atomic mass is 10.0. The SMILES string of the molecule is C#Cc1cc(C(=O)OC)c(N)cc1C(F)(F)F.COC(=O)c1cc(I)c(C(F)(F)F)cc1N. The third kappa shape index (κ3) is 6.91. The Hall–Kier alpha value is -3.15. The molecule has 0 spiro atoms. The molecule has 13 heteroatoms. The van der Waals surface area contributed by atoms with Crippen molar-refractivity contribution < 1.29 is 45.4 Å². The van der Waals surface area contributed by atoms with Gasteiger partial charge in [0.25, 0.3) is 0 Å². The Kier molecular flexibility index (Phi) is 8.99. The van der Waals surface area contributed by atoms with Crippen LogP contribution < -0.4 is 11.5 Å². The number of rotatable bonds is 2. The van der Waals surface area contributed by atoms with Gasteiger partial charge < -0.3 is 20.9 Å². The zero-order valence-corrected chi connectivity index (χ0v) is 19.0. The van der Waals surface area contributed by atoms with Crippen LogP contribution in [0.5, 0.6) is 0 Å². The Labute approximate surface area is 197 Å². The van der Waals surface area contributed by atoms with Crippen molar-refractivity contribution in [1.29, 1.82) is 0 Å². The van der Waals surface area contributed by atoms with E-state index in [4.69, 9.17) is 17.9 Å². The molecule has 0 bridgehead atoms. The lowest BCUT2D eigenvalue weighted by Gasteiger charge is -2.12. The zero-order chi connectivity index (χ0) is 25.7. The first kappa shape index (κ1) is 27.9. The van der Waals surface area contributed by atoms with E-state index in [2.05, 4.69) is 9.47 Å². The lowest BCUT2D eigenvalue weighted by Crippen LogP contribution is -2.12. The molecule has 33 heavy (non-hydrogen) atoms. The van der Waals surface area contributed by atoms with Gasteiger partial charge in [0.15, 0.2) is 0 Å². The number of ether oxygens (including phenoxy) is 2. The number of halogens is 7. The largest absolute Gasteiger partial charge is 0.465 e. The smallest absolute Gasteiger partial charge is 0.417 e. The van der Waals surface area contributed by atoms with E-state index < -0.39 is 41.0 Å². The Morgan fingerprint density at radius 1 is 0.848 bits per heavy atom. The van der Waals surface area contributed by atoms with Crippen LogP contribution in [-0.2, 0) is 21.8 Å². The Balaban J connectivity index is 0.000000331.